The third-order valence-electron chi connectivity index (χ3n) is 4.12. The Morgan fingerprint density at radius 2 is 2.25 bits per heavy atom. The Balaban J connectivity index is 1.54. The summed E-state index contributed by atoms with van der Waals surface area (Å²) in [6, 6.07) is 3.84. The first kappa shape index (κ1) is 14.8. The van der Waals surface area contributed by atoms with Crippen molar-refractivity contribution in [3.05, 3.63) is 35.2 Å². The summed E-state index contributed by atoms with van der Waals surface area (Å²) in [6.45, 7) is 3.26. The van der Waals surface area contributed by atoms with Gasteiger partial charge in [-0.05, 0) is 22.8 Å². The van der Waals surface area contributed by atoms with Crippen molar-refractivity contribution in [1.82, 2.24) is 20.3 Å². The third kappa shape index (κ3) is 2.76. The van der Waals surface area contributed by atoms with Gasteiger partial charge in [0, 0.05) is 36.4 Å². The number of hydrogen-bond acceptors (Lipinski definition) is 8. The number of aryl methyl sites for hydroxylation is 1. The molecule has 1 fully saturated rings. The van der Waals surface area contributed by atoms with E-state index in [1.807, 2.05) is 19.1 Å². The molecule has 1 aliphatic rings. The predicted octanol–water partition coefficient (Wildman–Crippen LogP) is 1.66. The minimum atomic E-state index is 0.0903. The van der Waals surface area contributed by atoms with E-state index in [4.69, 9.17) is 19.8 Å². The van der Waals surface area contributed by atoms with Crippen LogP contribution >= 0.6 is 0 Å². The van der Waals surface area contributed by atoms with Crippen LogP contribution in [0.25, 0.3) is 11.2 Å². The Hall–Kier alpha value is -2.74. The number of nitrogens with two attached hydrogens (primary N) is 1. The molecule has 0 bridgehead atoms. The van der Waals surface area contributed by atoms with Crippen LogP contribution in [0.5, 0.6) is 5.88 Å². The van der Waals surface area contributed by atoms with E-state index in [1.165, 1.54) is 0 Å². The molecular formula is C16H17N5O3. The fourth-order valence-electron chi connectivity index (χ4n) is 2.78. The summed E-state index contributed by atoms with van der Waals surface area (Å²) < 4.78 is 15.8. The van der Waals surface area contributed by atoms with Gasteiger partial charge in [-0.25, -0.2) is 14.6 Å². The largest absolute Gasteiger partial charge is 0.472 e. The smallest absolute Gasteiger partial charge is 0.226 e. The first-order valence-electron chi connectivity index (χ1n) is 7.77. The van der Waals surface area contributed by atoms with Crippen LogP contribution in [0.4, 0.5) is 5.69 Å². The normalized spacial score (nSPS) is 17.5. The molecule has 8 nitrogen and oxygen atoms in total. The van der Waals surface area contributed by atoms with Gasteiger partial charge in [-0.2, -0.15) is 0 Å². The highest BCUT2D eigenvalue weighted by Crippen LogP contribution is 2.26. The Bertz CT molecular complexity index is 856. The summed E-state index contributed by atoms with van der Waals surface area (Å²) in [6.07, 6.45) is 3.38. The number of nitrogens with zero attached hydrogens (tertiary/aromatic N) is 4. The van der Waals surface area contributed by atoms with Crippen molar-refractivity contribution in [2.24, 2.45) is 0 Å². The van der Waals surface area contributed by atoms with Gasteiger partial charge in [-0.15, -0.1) is 0 Å². The number of anilines is 1. The van der Waals surface area contributed by atoms with Gasteiger partial charge in [0.1, 0.15) is 6.10 Å². The molecule has 0 aliphatic carbocycles. The fraction of sp³-hybridized carbons (Fsp3) is 0.375. The SMILES string of the molecule is Cc1nc2nonc2c(N)c1Cc1ccc(OC2CCOC2)nc1. The molecular weight excluding hydrogens is 310 g/mol. The van der Waals surface area contributed by atoms with Crippen molar-refractivity contribution >= 4 is 16.9 Å². The zero-order valence-corrected chi connectivity index (χ0v) is 13.2. The molecule has 124 valence electrons. The number of hydrogen-bond donors (Lipinski definition) is 1. The standard InChI is InChI=1S/C16H17N5O3/c1-9-12(14(17)15-16(19-9)21-24-20-15)6-10-2-3-13(18-7-10)23-11-4-5-22-8-11/h2-3,7,11H,4-6,8,17H2,1H3. The molecule has 0 amide bonds. The lowest BCUT2D eigenvalue weighted by molar-refractivity contribution is 0.138. The maximum absolute atomic E-state index is 6.19. The van der Waals surface area contributed by atoms with Crippen molar-refractivity contribution in [3.8, 4) is 5.88 Å². The third-order valence-corrected chi connectivity index (χ3v) is 4.12. The molecule has 0 aromatic carbocycles. The van der Waals surface area contributed by atoms with E-state index in [1.54, 1.807) is 6.20 Å². The number of pyridine rings is 2. The molecule has 1 atom stereocenters. The number of nitrogen functional groups attached to an aromatic ring is 1. The maximum Gasteiger partial charge on any atom is 0.226 e. The highest BCUT2D eigenvalue weighted by atomic mass is 16.6. The highest BCUT2D eigenvalue weighted by molar-refractivity contribution is 5.85. The van der Waals surface area contributed by atoms with Crippen LogP contribution in [0.15, 0.2) is 23.0 Å². The second kappa shape index (κ2) is 6.04. The fourth-order valence-corrected chi connectivity index (χ4v) is 2.78. The van der Waals surface area contributed by atoms with E-state index >= 15 is 0 Å². The Morgan fingerprint density at radius 3 is 3.00 bits per heavy atom. The van der Waals surface area contributed by atoms with Gasteiger partial charge in [0.05, 0.1) is 18.9 Å². The Kier molecular flexibility index (Phi) is 3.73. The molecule has 1 aliphatic heterocycles. The van der Waals surface area contributed by atoms with Crippen LogP contribution in [0, 0.1) is 6.92 Å². The maximum atomic E-state index is 6.19. The van der Waals surface area contributed by atoms with Crippen LogP contribution in [0.2, 0.25) is 0 Å². The summed E-state index contributed by atoms with van der Waals surface area (Å²) in [4.78, 5) is 8.74. The van der Waals surface area contributed by atoms with Crippen molar-refractivity contribution in [1.29, 1.82) is 0 Å². The summed E-state index contributed by atoms with van der Waals surface area (Å²) in [5, 5.41) is 7.54. The zero-order chi connectivity index (χ0) is 16.5. The monoisotopic (exact) mass is 327 g/mol. The number of ether oxygens (including phenoxy) is 2. The first-order chi connectivity index (χ1) is 11.7. The topological polar surface area (TPSA) is 109 Å². The van der Waals surface area contributed by atoms with E-state index in [2.05, 4.69) is 20.3 Å². The summed E-state index contributed by atoms with van der Waals surface area (Å²) >= 11 is 0. The van der Waals surface area contributed by atoms with Crippen molar-refractivity contribution < 1.29 is 14.1 Å². The lowest BCUT2D eigenvalue weighted by Gasteiger charge is -2.12. The van der Waals surface area contributed by atoms with Crippen LogP contribution in [0.3, 0.4) is 0 Å². The van der Waals surface area contributed by atoms with Crippen molar-refractivity contribution in [2.75, 3.05) is 18.9 Å². The second-order valence-electron chi connectivity index (χ2n) is 5.81. The Morgan fingerprint density at radius 1 is 1.33 bits per heavy atom. The van der Waals surface area contributed by atoms with Crippen LogP contribution < -0.4 is 10.5 Å². The molecule has 2 N–H and O–H groups in total. The minimum Gasteiger partial charge on any atom is -0.472 e. The van der Waals surface area contributed by atoms with Crippen LogP contribution in [-0.2, 0) is 11.2 Å². The number of fused-ring (bicyclic) bond motifs is 1. The predicted molar refractivity (Wildman–Crippen MR) is 85.6 cm³/mol. The van der Waals surface area contributed by atoms with Crippen molar-refractivity contribution in [3.63, 3.8) is 0 Å². The molecule has 4 rings (SSSR count). The van der Waals surface area contributed by atoms with Gasteiger partial charge in [0.2, 0.25) is 11.5 Å². The van der Waals surface area contributed by atoms with E-state index < -0.39 is 0 Å². The molecule has 4 heterocycles. The lowest BCUT2D eigenvalue weighted by atomic mass is 10.0. The molecule has 1 saturated heterocycles. The zero-order valence-electron chi connectivity index (χ0n) is 13.2. The van der Waals surface area contributed by atoms with E-state index in [9.17, 15) is 0 Å². The average molecular weight is 327 g/mol. The first-order valence-corrected chi connectivity index (χ1v) is 7.77. The second-order valence-corrected chi connectivity index (χ2v) is 5.81. The number of aromatic nitrogens is 4. The average Bonchev–Trinajstić information content (AvgIpc) is 3.24. The van der Waals surface area contributed by atoms with Gasteiger partial charge >= 0.3 is 0 Å². The molecule has 3 aromatic heterocycles. The molecule has 24 heavy (non-hydrogen) atoms. The van der Waals surface area contributed by atoms with Gasteiger partial charge in [0.15, 0.2) is 5.52 Å². The van der Waals surface area contributed by atoms with Gasteiger partial charge in [0.25, 0.3) is 0 Å². The summed E-state index contributed by atoms with van der Waals surface area (Å²) in [7, 11) is 0. The van der Waals surface area contributed by atoms with Crippen LogP contribution in [-0.4, -0.2) is 39.6 Å². The molecule has 8 heteroatoms. The van der Waals surface area contributed by atoms with E-state index in [0.717, 1.165) is 29.8 Å². The molecule has 1 unspecified atom stereocenters. The van der Waals surface area contributed by atoms with Gasteiger partial charge in [-0.3, -0.25) is 0 Å². The summed E-state index contributed by atoms with van der Waals surface area (Å²) in [5.41, 5.74) is 10.4. The van der Waals surface area contributed by atoms with E-state index in [0.29, 0.717) is 35.8 Å². The Labute approximate surface area is 137 Å². The number of rotatable bonds is 4. The highest BCUT2D eigenvalue weighted by Gasteiger charge is 2.18. The summed E-state index contributed by atoms with van der Waals surface area (Å²) in [5.74, 6) is 0.605. The molecule has 0 spiro atoms. The van der Waals surface area contributed by atoms with Crippen molar-refractivity contribution in [2.45, 2.75) is 25.9 Å². The van der Waals surface area contributed by atoms with Gasteiger partial charge in [-0.1, -0.05) is 6.07 Å². The molecule has 3 aromatic rings. The minimum absolute atomic E-state index is 0.0903. The van der Waals surface area contributed by atoms with E-state index in [-0.39, 0.29) is 6.10 Å². The van der Waals surface area contributed by atoms with Gasteiger partial charge < -0.3 is 15.2 Å². The molecule has 0 radical (unpaired) electrons. The van der Waals surface area contributed by atoms with Crippen LogP contribution in [0.1, 0.15) is 23.2 Å². The lowest BCUT2D eigenvalue weighted by Crippen LogP contribution is -2.16. The molecule has 0 saturated carbocycles. The quantitative estimate of drug-likeness (QED) is 0.770.